The zero-order valence-electron chi connectivity index (χ0n) is 16.8. The molecular formula is C24H23BrN2O3. The standard InChI is InChI=1S/C24H23BrN2O3/c1-2-30-24(29)16-10-12-27(13-11-16)23(28)20-15-22(17-6-5-7-18(25)14-17)26-21-9-4-3-8-19(20)21/h3-9,14-16H,2,10-13H2,1H3. The van der Waals surface area contributed by atoms with Gasteiger partial charge in [-0.15, -0.1) is 0 Å². The molecule has 4 rings (SSSR count). The van der Waals surface area contributed by atoms with Crippen LogP contribution in [-0.4, -0.2) is 41.5 Å². The van der Waals surface area contributed by atoms with Gasteiger partial charge in [0.25, 0.3) is 5.91 Å². The fourth-order valence-corrected chi connectivity index (χ4v) is 4.30. The first-order valence-corrected chi connectivity index (χ1v) is 11.0. The average molecular weight is 467 g/mol. The molecule has 154 valence electrons. The maximum Gasteiger partial charge on any atom is 0.309 e. The van der Waals surface area contributed by atoms with Crippen LogP contribution in [0.4, 0.5) is 0 Å². The summed E-state index contributed by atoms with van der Waals surface area (Å²) in [7, 11) is 0. The smallest absolute Gasteiger partial charge is 0.309 e. The molecule has 0 unspecified atom stereocenters. The number of para-hydroxylation sites is 1. The Morgan fingerprint density at radius 1 is 1.10 bits per heavy atom. The first-order chi connectivity index (χ1) is 14.6. The van der Waals surface area contributed by atoms with Gasteiger partial charge in [0.1, 0.15) is 0 Å². The third-order valence-corrected chi connectivity index (χ3v) is 5.96. The highest BCUT2D eigenvalue weighted by atomic mass is 79.9. The van der Waals surface area contributed by atoms with Gasteiger partial charge in [-0.1, -0.05) is 46.3 Å². The largest absolute Gasteiger partial charge is 0.466 e. The predicted octanol–water partition coefficient (Wildman–Crippen LogP) is 5.08. The summed E-state index contributed by atoms with van der Waals surface area (Å²) in [5.41, 5.74) is 3.15. The maximum absolute atomic E-state index is 13.4. The van der Waals surface area contributed by atoms with Crippen LogP contribution in [0.1, 0.15) is 30.1 Å². The monoisotopic (exact) mass is 466 g/mol. The third-order valence-electron chi connectivity index (χ3n) is 5.47. The number of aromatic nitrogens is 1. The van der Waals surface area contributed by atoms with Crippen molar-refractivity contribution in [1.29, 1.82) is 0 Å². The molecule has 0 radical (unpaired) electrons. The van der Waals surface area contributed by atoms with Crippen molar-refractivity contribution in [3.05, 3.63) is 64.6 Å². The number of rotatable bonds is 4. The lowest BCUT2D eigenvalue weighted by molar-refractivity contribution is -0.149. The van der Waals surface area contributed by atoms with Crippen LogP contribution in [0, 0.1) is 5.92 Å². The number of fused-ring (bicyclic) bond motifs is 1. The van der Waals surface area contributed by atoms with Gasteiger partial charge in [-0.2, -0.15) is 0 Å². The van der Waals surface area contributed by atoms with Crippen LogP contribution in [0.2, 0.25) is 0 Å². The van der Waals surface area contributed by atoms with E-state index in [2.05, 4.69) is 15.9 Å². The summed E-state index contributed by atoms with van der Waals surface area (Å²) in [6, 6.07) is 17.5. The number of carbonyl (C=O) groups excluding carboxylic acids is 2. The van der Waals surface area contributed by atoms with Crippen LogP contribution < -0.4 is 0 Å². The van der Waals surface area contributed by atoms with Gasteiger partial charge in [0.2, 0.25) is 0 Å². The molecule has 3 aromatic rings. The molecule has 2 aromatic carbocycles. The van der Waals surface area contributed by atoms with Crippen molar-refractivity contribution in [1.82, 2.24) is 9.88 Å². The zero-order valence-corrected chi connectivity index (χ0v) is 18.4. The van der Waals surface area contributed by atoms with E-state index in [1.165, 1.54) is 0 Å². The molecule has 6 heteroatoms. The summed E-state index contributed by atoms with van der Waals surface area (Å²) in [5, 5.41) is 0.841. The number of hydrogen-bond acceptors (Lipinski definition) is 4. The lowest BCUT2D eigenvalue weighted by atomic mass is 9.95. The Morgan fingerprint density at radius 2 is 1.87 bits per heavy atom. The minimum Gasteiger partial charge on any atom is -0.466 e. The second-order valence-electron chi connectivity index (χ2n) is 7.40. The topological polar surface area (TPSA) is 59.5 Å². The van der Waals surface area contributed by atoms with E-state index in [0.717, 1.165) is 26.6 Å². The molecule has 0 aliphatic carbocycles. The van der Waals surface area contributed by atoms with Crippen LogP contribution in [0.5, 0.6) is 0 Å². The van der Waals surface area contributed by atoms with Crippen molar-refractivity contribution in [3.8, 4) is 11.3 Å². The Balaban J connectivity index is 1.65. The molecule has 0 atom stereocenters. The van der Waals surface area contributed by atoms with Gasteiger partial charge in [-0.25, -0.2) is 4.98 Å². The van der Waals surface area contributed by atoms with Gasteiger partial charge in [-0.05, 0) is 44.0 Å². The minimum absolute atomic E-state index is 0.0212. The van der Waals surface area contributed by atoms with Crippen LogP contribution in [0.3, 0.4) is 0 Å². The molecule has 0 spiro atoms. The molecule has 1 aliphatic rings. The number of nitrogens with zero attached hydrogens (tertiary/aromatic N) is 2. The predicted molar refractivity (Wildman–Crippen MR) is 120 cm³/mol. The quantitative estimate of drug-likeness (QED) is 0.503. The first kappa shape index (κ1) is 20.5. The molecule has 1 aromatic heterocycles. The van der Waals surface area contributed by atoms with E-state index in [9.17, 15) is 9.59 Å². The minimum atomic E-state index is -0.157. The Labute approximate surface area is 184 Å². The first-order valence-electron chi connectivity index (χ1n) is 10.2. The molecule has 1 fully saturated rings. The summed E-state index contributed by atoms with van der Waals surface area (Å²) in [6.07, 6.45) is 1.26. The van der Waals surface area contributed by atoms with E-state index in [-0.39, 0.29) is 17.8 Å². The van der Waals surface area contributed by atoms with Crippen LogP contribution in [-0.2, 0) is 9.53 Å². The van der Waals surface area contributed by atoms with Gasteiger partial charge >= 0.3 is 5.97 Å². The molecular weight excluding hydrogens is 444 g/mol. The zero-order chi connectivity index (χ0) is 21.1. The number of ether oxygens (including phenoxy) is 1. The van der Waals surface area contributed by atoms with Crippen molar-refractivity contribution in [3.63, 3.8) is 0 Å². The Bertz CT molecular complexity index is 1090. The maximum atomic E-state index is 13.4. The van der Waals surface area contributed by atoms with E-state index in [1.54, 1.807) is 0 Å². The lowest BCUT2D eigenvalue weighted by Crippen LogP contribution is -2.40. The fourth-order valence-electron chi connectivity index (χ4n) is 3.90. The number of amides is 1. The molecule has 2 heterocycles. The highest BCUT2D eigenvalue weighted by molar-refractivity contribution is 9.10. The number of esters is 1. The van der Waals surface area contributed by atoms with Crippen molar-refractivity contribution < 1.29 is 14.3 Å². The van der Waals surface area contributed by atoms with Crippen LogP contribution in [0.25, 0.3) is 22.2 Å². The Hall–Kier alpha value is -2.73. The normalized spacial score (nSPS) is 14.7. The molecule has 1 aliphatic heterocycles. The summed E-state index contributed by atoms with van der Waals surface area (Å²) >= 11 is 3.51. The van der Waals surface area contributed by atoms with E-state index in [4.69, 9.17) is 9.72 Å². The highest BCUT2D eigenvalue weighted by Gasteiger charge is 2.29. The van der Waals surface area contributed by atoms with Crippen molar-refractivity contribution in [2.45, 2.75) is 19.8 Å². The number of likely N-dealkylation sites (tertiary alicyclic amines) is 1. The number of carbonyl (C=O) groups is 2. The number of halogens is 1. The number of hydrogen-bond donors (Lipinski definition) is 0. The lowest BCUT2D eigenvalue weighted by Gasteiger charge is -2.31. The molecule has 0 bridgehead atoms. The molecule has 1 saturated heterocycles. The molecule has 30 heavy (non-hydrogen) atoms. The second kappa shape index (κ2) is 8.96. The summed E-state index contributed by atoms with van der Waals surface area (Å²) < 4.78 is 6.10. The summed E-state index contributed by atoms with van der Waals surface area (Å²) in [6.45, 7) is 3.30. The molecule has 1 amide bonds. The number of pyridine rings is 1. The highest BCUT2D eigenvalue weighted by Crippen LogP contribution is 2.29. The number of piperidine rings is 1. The second-order valence-corrected chi connectivity index (χ2v) is 8.32. The van der Waals surface area contributed by atoms with Crippen molar-refractivity contribution in [2.75, 3.05) is 19.7 Å². The van der Waals surface area contributed by atoms with E-state index in [1.807, 2.05) is 66.4 Å². The summed E-state index contributed by atoms with van der Waals surface area (Å²) in [5.74, 6) is -0.302. The van der Waals surface area contributed by atoms with Crippen LogP contribution in [0.15, 0.2) is 59.1 Å². The third kappa shape index (κ3) is 4.24. The Morgan fingerprint density at radius 3 is 2.60 bits per heavy atom. The Kier molecular flexibility index (Phi) is 6.13. The average Bonchev–Trinajstić information content (AvgIpc) is 2.78. The van der Waals surface area contributed by atoms with Crippen LogP contribution >= 0.6 is 15.9 Å². The van der Waals surface area contributed by atoms with E-state index >= 15 is 0 Å². The van der Waals surface area contributed by atoms with Gasteiger partial charge in [0, 0.05) is 28.5 Å². The molecule has 0 N–H and O–H groups in total. The molecule has 5 nitrogen and oxygen atoms in total. The fraction of sp³-hybridized carbons (Fsp3) is 0.292. The van der Waals surface area contributed by atoms with E-state index in [0.29, 0.717) is 38.1 Å². The summed E-state index contributed by atoms with van der Waals surface area (Å²) in [4.78, 5) is 32.1. The van der Waals surface area contributed by atoms with Gasteiger partial charge in [-0.3, -0.25) is 9.59 Å². The van der Waals surface area contributed by atoms with Crippen molar-refractivity contribution >= 4 is 38.7 Å². The van der Waals surface area contributed by atoms with Crippen molar-refractivity contribution in [2.24, 2.45) is 5.92 Å². The van der Waals surface area contributed by atoms with Gasteiger partial charge in [0.15, 0.2) is 0 Å². The van der Waals surface area contributed by atoms with E-state index < -0.39 is 0 Å². The SMILES string of the molecule is CCOC(=O)C1CCN(C(=O)c2cc(-c3cccc(Br)c3)nc3ccccc23)CC1. The van der Waals surface area contributed by atoms with Gasteiger partial charge < -0.3 is 9.64 Å². The molecule has 0 saturated carbocycles. The number of benzene rings is 2. The van der Waals surface area contributed by atoms with Gasteiger partial charge in [0.05, 0.1) is 29.3 Å².